The van der Waals surface area contributed by atoms with E-state index in [-0.39, 0.29) is 5.69 Å². The molecular weight excluding hydrogens is 270 g/mol. The normalized spacial score (nSPS) is 11.0. The van der Waals surface area contributed by atoms with Crippen LogP contribution in [0, 0.1) is 16.0 Å². The molecule has 0 atom stereocenters. The van der Waals surface area contributed by atoms with E-state index in [0.717, 1.165) is 23.4 Å². The van der Waals surface area contributed by atoms with E-state index in [1.807, 2.05) is 4.68 Å². The third kappa shape index (κ3) is 3.63. The highest BCUT2D eigenvalue weighted by Gasteiger charge is 2.14. The van der Waals surface area contributed by atoms with E-state index in [1.54, 1.807) is 12.1 Å². The first-order valence-electron chi connectivity index (χ1n) is 6.86. The molecule has 21 heavy (non-hydrogen) atoms. The molecule has 2 aromatic rings. The van der Waals surface area contributed by atoms with Crippen LogP contribution in [0.15, 0.2) is 24.3 Å². The highest BCUT2D eigenvalue weighted by molar-refractivity contribution is 5.33. The van der Waals surface area contributed by atoms with Gasteiger partial charge < -0.3 is 5.73 Å². The Bertz CT molecular complexity index is 619. The molecule has 2 rings (SSSR count). The molecule has 7 nitrogen and oxygen atoms in total. The SMILES string of the molecule is CC(C)Cc1c(CN)nnn1Cc1ccc([N+](=O)[O-])cc1. The lowest BCUT2D eigenvalue weighted by atomic mass is 10.1. The molecule has 0 aliphatic rings. The van der Waals surface area contributed by atoms with Gasteiger partial charge in [0.2, 0.25) is 0 Å². The van der Waals surface area contributed by atoms with Gasteiger partial charge in [0.05, 0.1) is 22.9 Å². The van der Waals surface area contributed by atoms with Gasteiger partial charge >= 0.3 is 0 Å². The van der Waals surface area contributed by atoms with E-state index >= 15 is 0 Å². The Hall–Kier alpha value is -2.28. The summed E-state index contributed by atoms with van der Waals surface area (Å²) >= 11 is 0. The Morgan fingerprint density at radius 2 is 2.00 bits per heavy atom. The molecule has 1 heterocycles. The lowest BCUT2D eigenvalue weighted by Crippen LogP contribution is -2.11. The molecule has 0 spiro atoms. The van der Waals surface area contributed by atoms with Gasteiger partial charge in [-0.05, 0) is 17.9 Å². The zero-order chi connectivity index (χ0) is 15.4. The minimum Gasteiger partial charge on any atom is -0.325 e. The van der Waals surface area contributed by atoms with Crippen LogP contribution in [0.3, 0.4) is 0 Å². The minimum atomic E-state index is -0.407. The molecule has 7 heteroatoms. The molecule has 0 saturated carbocycles. The summed E-state index contributed by atoms with van der Waals surface area (Å²) in [6.45, 7) is 5.16. The van der Waals surface area contributed by atoms with Crippen LogP contribution in [0.2, 0.25) is 0 Å². The van der Waals surface area contributed by atoms with E-state index in [4.69, 9.17) is 5.73 Å². The topological polar surface area (TPSA) is 99.9 Å². The maximum Gasteiger partial charge on any atom is 0.269 e. The third-order valence-corrected chi connectivity index (χ3v) is 3.19. The molecule has 1 aromatic heterocycles. The summed E-state index contributed by atoms with van der Waals surface area (Å²) in [4.78, 5) is 10.2. The van der Waals surface area contributed by atoms with Gasteiger partial charge in [0.1, 0.15) is 0 Å². The first-order chi connectivity index (χ1) is 10.0. The Morgan fingerprint density at radius 1 is 1.33 bits per heavy atom. The van der Waals surface area contributed by atoms with Gasteiger partial charge in [-0.1, -0.05) is 31.2 Å². The Labute approximate surface area is 122 Å². The molecule has 0 aliphatic carbocycles. The molecule has 112 valence electrons. The first-order valence-corrected chi connectivity index (χ1v) is 6.86. The molecule has 2 N–H and O–H groups in total. The largest absolute Gasteiger partial charge is 0.325 e. The van der Waals surface area contributed by atoms with Gasteiger partial charge in [0, 0.05) is 18.7 Å². The predicted octanol–water partition coefficient (Wildman–Crippen LogP) is 1.89. The van der Waals surface area contributed by atoms with Crippen molar-refractivity contribution >= 4 is 5.69 Å². The van der Waals surface area contributed by atoms with Gasteiger partial charge in [-0.25, -0.2) is 4.68 Å². The minimum absolute atomic E-state index is 0.0855. The predicted molar refractivity (Wildman–Crippen MR) is 78.7 cm³/mol. The summed E-state index contributed by atoms with van der Waals surface area (Å²) in [6.07, 6.45) is 0.854. The highest BCUT2D eigenvalue weighted by atomic mass is 16.6. The van der Waals surface area contributed by atoms with Crippen LogP contribution in [0.4, 0.5) is 5.69 Å². The Balaban J connectivity index is 2.22. The van der Waals surface area contributed by atoms with Crippen molar-refractivity contribution in [1.82, 2.24) is 15.0 Å². The van der Waals surface area contributed by atoms with Crippen LogP contribution < -0.4 is 5.73 Å². The number of hydrogen-bond acceptors (Lipinski definition) is 5. The number of benzene rings is 1. The van der Waals surface area contributed by atoms with Crippen LogP contribution >= 0.6 is 0 Å². The summed E-state index contributed by atoms with van der Waals surface area (Å²) < 4.78 is 1.82. The number of nitro benzene ring substituents is 1. The maximum atomic E-state index is 10.7. The Morgan fingerprint density at radius 3 is 2.52 bits per heavy atom. The molecular formula is C14H19N5O2. The second-order valence-electron chi connectivity index (χ2n) is 5.37. The lowest BCUT2D eigenvalue weighted by molar-refractivity contribution is -0.384. The molecule has 0 fully saturated rings. The fourth-order valence-corrected chi connectivity index (χ4v) is 2.16. The Kier molecular flexibility index (Phi) is 4.64. The van der Waals surface area contributed by atoms with Crippen molar-refractivity contribution in [2.24, 2.45) is 11.7 Å². The van der Waals surface area contributed by atoms with E-state index in [9.17, 15) is 10.1 Å². The van der Waals surface area contributed by atoms with E-state index < -0.39 is 4.92 Å². The molecule has 1 aromatic carbocycles. The lowest BCUT2D eigenvalue weighted by Gasteiger charge is -2.10. The van der Waals surface area contributed by atoms with Crippen molar-refractivity contribution in [2.45, 2.75) is 33.4 Å². The monoisotopic (exact) mass is 289 g/mol. The standard InChI is InChI=1S/C14H19N5O2/c1-10(2)7-14-13(8-15)16-17-18(14)9-11-3-5-12(6-4-11)19(20)21/h3-6,10H,7-9,15H2,1-2H3. The summed E-state index contributed by atoms with van der Waals surface area (Å²) in [5.74, 6) is 0.476. The van der Waals surface area contributed by atoms with Crippen molar-refractivity contribution in [3.05, 3.63) is 51.3 Å². The van der Waals surface area contributed by atoms with Crippen molar-refractivity contribution in [2.75, 3.05) is 0 Å². The van der Waals surface area contributed by atoms with E-state index in [2.05, 4.69) is 24.2 Å². The molecule has 0 unspecified atom stereocenters. The van der Waals surface area contributed by atoms with Crippen LogP contribution in [-0.4, -0.2) is 19.9 Å². The number of nitro groups is 1. The molecule has 0 radical (unpaired) electrons. The van der Waals surface area contributed by atoms with E-state index in [1.165, 1.54) is 12.1 Å². The number of nitrogens with zero attached hydrogens (tertiary/aromatic N) is 4. The van der Waals surface area contributed by atoms with Gasteiger partial charge in [0.15, 0.2) is 0 Å². The average molecular weight is 289 g/mol. The van der Waals surface area contributed by atoms with Crippen LogP contribution in [0.1, 0.15) is 30.8 Å². The smallest absolute Gasteiger partial charge is 0.269 e. The summed E-state index contributed by atoms with van der Waals surface area (Å²) in [6, 6.07) is 6.47. The van der Waals surface area contributed by atoms with Crippen LogP contribution in [-0.2, 0) is 19.5 Å². The van der Waals surface area contributed by atoms with E-state index in [0.29, 0.717) is 19.0 Å². The van der Waals surface area contributed by atoms with Gasteiger partial charge in [-0.2, -0.15) is 0 Å². The zero-order valence-corrected chi connectivity index (χ0v) is 12.2. The second-order valence-corrected chi connectivity index (χ2v) is 5.37. The maximum absolute atomic E-state index is 10.7. The highest BCUT2D eigenvalue weighted by Crippen LogP contribution is 2.16. The molecule has 0 saturated heterocycles. The zero-order valence-electron chi connectivity index (χ0n) is 12.2. The second kappa shape index (κ2) is 6.45. The van der Waals surface area contributed by atoms with Crippen molar-refractivity contribution < 1.29 is 4.92 Å². The van der Waals surface area contributed by atoms with Gasteiger partial charge in [-0.15, -0.1) is 5.10 Å². The molecule has 0 amide bonds. The number of non-ortho nitro benzene ring substituents is 1. The van der Waals surface area contributed by atoms with Crippen LogP contribution in [0.5, 0.6) is 0 Å². The average Bonchev–Trinajstić information content (AvgIpc) is 2.81. The summed E-state index contributed by atoms with van der Waals surface area (Å²) in [7, 11) is 0. The number of rotatable bonds is 6. The summed E-state index contributed by atoms with van der Waals surface area (Å²) in [5.41, 5.74) is 8.57. The number of hydrogen-bond donors (Lipinski definition) is 1. The van der Waals surface area contributed by atoms with Gasteiger partial charge in [0.25, 0.3) is 5.69 Å². The fraction of sp³-hybridized carbons (Fsp3) is 0.429. The quantitative estimate of drug-likeness (QED) is 0.646. The first kappa shape index (κ1) is 15.1. The van der Waals surface area contributed by atoms with Crippen molar-refractivity contribution in [1.29, 1.82) is 0 Å². The van der Waals surface area contributed by atoms with Crippen molar-refractivity contribution in [3.63, 3.8) is 0 Å². The van der Waals surface area contributed by atoms with Crippen LogP contribution in [0.25, 0.3) is 0 Å². The fourth-order valence-electron chi connectivity index (χ4n) is 2.16. The molecule has 0 bridgehead atoms. The number of nitrogens with two attached hydrogens (primary N) is 1. The third-order valence-electron chi connectivity index (χ3n) is 3.19. The van der Waals surface area contributed by atoms with Gasteiger partial charge in [-0.3, -0.25) is 10.1 Å². The number of aromatic nitrogens is 3. The molecule has 0 aliphatic heterocycles. The summed E-state index contributed by atoms with van der Waals surface area (Å²) in [5, 5.41) is 18.9. The van der Waals surface area contributed by atoms with Crippen molar-refractivity contribution in [3.8, 4) is 0 Å².